The van der Waals surface area contributed by atoms with E-state index in [0.29, 0.717) is 10.8 Å². The minimum atomic E-state index is -0.315. The van der Waals surface area contributed by atoms with Crippen LogP contribution >= 0.6 is 11.6 Å². The molecule has 1 N–H and O–H groups in total. The van der Waals surface area contributed by atoms with Crippen LogP contribution in [-0.2, 0) is 7.05 Å². The molecule has 7 heteroatoms. The number of aromatic nitrogens is 3. The number of carbonyl (C=O) groups excluding carboxylic acids is 1. The van der Waals surface area contributed by atoms with Crippen molar-refractivity contribution in [3.8, 4) is 17.6 Å². The molecule has 21 heavy (non-hydrogen) atoms. The molecule has 0 saturated carbocycles. The van der Waals surface area contributed by atoms with Crippen LogP contribution in [-0.4, -0.2) is 34.1 Å². The summed E-state index contributed by atoms with van der Waals surface area (Å²) < 4.78 is 6.84. The van der Waals surface area contributed by atoms with Gasteiger partial charge in [0.1, 0.15) is 12.4 Å². The average Bonchev–Trinajstić information content (AvgIpc) is 2.91. The van der Waals surface area contributed by atoms with Crippen molar-refractivity contribution >= 4 is 17.5 Å². The van der Waals surface area contributed by atoms with Crippen molar-refractivity contribution < 1.29 is 9.53 Å². The molecule has 1 heterocycles. The predicted molar refractivity (Wildman–Crippen MR) is 78.1 cm³/mol. The molecule has 0 saturated heterocycles. The first-order valence-corrected chi connectivity index (χ1v) is 6.52. The van der Waals surface area contributed by atoms with Crippen molar-refractivity contribution in [1.29, 1.82) is 0 Å². The molecule has 0 atom stereocenters. The van der Waals surface area contributed by atoms with E-state index in [9.17, 15) is 4.79 Å². The summed E-state index contributed by atoms with van der Waals surface area (Å²) in [7, 11) is 1.69. The molecule has 2 rings (SSSR count). The molecule has 108 valence electrons. The van der Waals surface area contributed by atoms with Crippen molar-refractivity contribution in [2.45, 2.75) is 0 Å². The Morgan fingerprint density at radius 3 is 2.95 bits per heavy atom. The largest absolute Gasteiger partial charge is 0.479 e. The molecule has 0 unspecified atom stereocenters. The van der Waals surface area contributed by atoms with Gasteiger partial charge >= 0.3 is 0 Å². The van der Waals surface area contributed by atoms with Crippen molar-refractivity contribution in [2.24, 2.45) is 7.05 Å². The molecule has 0 bridgehead atoms. The van der Waals surface area contributed by atoms with Gasteiger partial charge in [-0.15, -0.1) is 5.10 Å². The Morgan fingerprint density at radius 2 is 2.24 bits per heavy atom. The van der Waals surface area contributed by atoms with Gasteiger partial charge in [0.25, 0.3) is 5.91 Å². The van der Waals surface area contributed by atoms with Crippen LogP contribution in [0.3, 0.4) is 0 Å². The lowest BCUT2D eigenvalue weighted by Crippen LogP contribution is -2.24. The summed E-state index contributed by atoms with van der Waals surface area (Å²) in [4.78, 5) is 11.6. The fraction of sp³-hybridized carbons (Fsp3) is 0.214. The van der Waals surface area contributed by atoms with E-state index in [0.717, 1.165) is 0 Å². The number of nitrogens with zero attached hydrogens (tertiary/aromatic N) is 3. The zero-order valence-electron chi connectivity index (χ0n) is 11.3. The second kappa shape index (κ2) is 7.31. The van der Waals surface area contributed by atoms with E-state index in [1.165, 1.54) is 10.9 Å². The maximum atomic E-state index is 11.6. The zero-order valence-corrected chi connectivity index (χ0v) is 12.1. The van der Waals surface area contributed by atoms with E-state index in [1.54, 1.807) is 19.2 Å². The minimum absolute atomic E-state index is 0.199. The molecular weight excluding hydrogens is 292 g/mol. The first kappa shape index (κ1) is 14.9. The topological polar surface area (TPSA) is 69.0 Å². The minimum Gasteiger partial charge on any atom is -0.479 e. The Hall–Kier alpha value is -2.52. The summed E-state index contributed by atoms with van der Waals surface area (Å²) in [5.74, 6) is 5.83. The molecule has 1 amide bonds. The summed E-state index contributed by atoms with van der Waals surface area (Å²) >= 11 is 5.93. The van der Waals surface area contributed by atoms with Crippen LogP contribution in [0.5, 0.6) is 5.75 Å². The second-order valence-electron chi connectivity index (χ2n) is 4.03. The van der Waals surface area contributed by atoms with Crippen molar-refractivity contribution in [1.82, 2.24) is 20.3 Å². The average molecular weight is 305 g/mol. The van der Waals surface area contributed by atoms with Gasteiger partial charge in [-0.2, -0.15) is 0 Å². The quantitative estimate of drug-likeness (QED) is 0.864. The van der Waals surface area contributed by atoms with E-state index < -0.39 is 0 Å². The number of para-hydroxylation sites is 1. The molecule has 1 aromatic heterocycles. The number of aryl methyl sites for hydroxylation is 1. The maximum absolute atomic E-state index is 11.6. The summed E-state index contributed by atoms with van der Waals surface area (Å²) in [6.07, 6.45) is 1.53. The van der Waals surface area contributed by atoms with Crippen LogP contribution in [0.15, 0.2) is 30.5 Å². The van der Waals surface area contributed by atoms with Crippen LogP contribution in [0.1, 0.15) is 10.5 Å². The number of halogens is 1. The van der Waals surface area contributed by atoms with Gasteiger partial charge in [0.05, 0.1) is 17.8 Å². The summed E-state index contributed by atoms with van der Waals surface area (Å²) in [6, 6.07) is 7.16. The van der Waals surface area contributed by atoms with Gasteiger partial charge in [0, 0.05) is 7.05 Å². The summed E-state index contributed by atoms with van der Waals surface area (Å²) in [5.41, 5.74) is 0.256. The third kappa shape index (κ3) is 4.51. The fourth-order valence-electron chi connectivity index (χ4n) is 1.46. The Labute approximate surface area is 127 Å². The number of hydrogen-bond donors (Lipinski definition) is 1. The Bertz CT molecular complexity index is 688. The number of ether oxygens (including phenoxy) is 1. The van der Waals surface area contributed by atoms with Crippen molar-refractivity contribution in [2.75, 3.05) is 13.2 Å². The van der Waals surface area contributed by atoms with Crippen LogP contribution < -0.4 is 10.1 Å². The predicted octanol–water partition coefficient (Wildman–Crippen LogP) is 1.28. The molecule has 2 aromatic rings. The second-order valence-corrected chi connectivity index (χ2v) is 4.44. The lowest BCUT2D eigenvalue weighted by Gasteiger charge is -2.02. The summed E-state index contributed by atoms with van der Waals surface area (Å²) in [5, 5.41) is 10.5. The third-order valence-corrected chi connectivity index (χ3v) is 2.75. The lowest BCUT2D eigenvalue weighted by atomic mass is 10.3. The van der Waals surface area contributed by atoms with Crippen LogP contribution in [0.25, 0.3) is 0 Å². The first-order valence-electron chi connectivity index (χ1n) is 6.14. The molecule has 0 radical (unpaired) electrons. The normalized spacial score (nSPS) is 9.62. The van der Waals surface area contributed by atoms with Gasteiger partial charge in [-0.3, -0.25) is 9.48 Å². The Balaban J connectivity index is 1.72. The van der Waals surface area contributed by atoms with Gasteiger partial charge in [-0.05, 0) is 12.1 Å². The van der Waals surface area contributed by atoms with Crippen molar-refractivity contribution in [3.05, 3.63) is 41.2 Å². The third-order valence-electron chi connectivity index (χ3n) is 2.43. The molecular formula is C14H13ClN4O2. The zero-order chi connectivity index (χ0) is 15.1. The highest BCUT2D eigenvalue weighted by Gasteiger charge is 2.07. The molecule has 0 fully saturated rings. The Morgan fingerprint density at radius 1 is 1.43 bits per heavy atom. The molecule has 6 nitrogen and oxygen atoms in total. The number of amides is 1. The molecule has 0 aliphatic heterocycles. The number of hydrogen-bond acceptors (Lipinski definition) is 4. The molecule has 0 aliphatic carbocycles. The standard InChI is InChI=1S/C14H13ClN4O2/c1-19-10-12(17-18-19)14(20)16-8-4-5-9-21-13-7-3-2-6-11(13)15/h2-3,6-7,10H,8-9H2,1H3,(H,16,20). The number of benzene rings is 1. The fourth-order valence-corrected chi connectivity index (χ4v) is 1.65. The SMILES string of the molecule is Cn1cc(C(=O)NCC#CCOc2ccccc2Cl)nn1. The maximum Gasteiger partial charge on any atom is 0.274 e. The number of nitrogens with one attached hydrogen (secondary N) is 1. The van der Waals surface area contributed by atoms with Crippen LogP contribution in [0.2, 0.25) is 5.02 Å². The van der Waals surface area contributed by atoms with Crippen LogP contribution in [0, 0.1) is 11.8 Å². The van der Waals surface area contributed by atoms with Gasteiger partial charge in [0.15, 0.2) is 5.69 Å². The summed E-state index contributed by atoms with van der Waals surface area (Å²) in [6.45, 7) is 0.409. The highest BCUT2D eigenvalue weighted by Crippen LogP contribution is 2.22. The van der Waals surface area contributed by atoms with E-state index in [4.69, 9.17) is 16.3 Å². The van der Waals surface area contributed by atoms with Crippen molar-refractivity contribution in [3.63, 3.8) is 0 Å². The van der Waals surface area contributed by atoms with Gasteiger partial charge in [-0.1, -0.05) is 40.8 Å². The van der Waals surface area contributed by atoms with Gasteiger partial charge < -0.3 is 10.1 Å². The molecule has 0 aliphatic rings. The van der Waals surface area contributed by atoms with Crippen LogP contribution in [0.4, 0.5) is 0 Å². The number of rotatable bonds is 4. The monoisotopic (exact) mass is 304 g/mol. The molecule has 0 spiro atoms. The first-order chi connectivity index (χ1) is 10.2. The number of carbonyl (C=O) groups is 1. The highest BCUT2D eigenvalue weighted by molar-refractivity contribution is 6.32. The highest BCUT2D eigenvalue weighted by atomic mass is 35.5. The van der Waals surface area contributed by atoms with E-state index in [-0.39, 0.29) is 24.8 Å². The van der Waals surface area contributed by atoms with E-state index >= 15 is 0 Å². The van der Waals surface area contributed by atoms with Gasteiger partial charge in [0.2, 0.25) is 0 Å². The van der Waals surface area contributed by atoms with E-state index in [2.05, 4.69) is 27.5 Å². The molecule has 1 aromatic carbocycles. The smallest absolute Gasteiger partial charge is 0.274 e. The van der Waals surface area contributed by atoms with Gasteiger partial charge in [-0.25, -0.2) is 0 Å². The van der Waals surface area contributed by atoms with E-state index in [1.807, 2.05) is 12.1 Å². The lowest BCUT2D eigenvalue weighted by molar-refractivity contribution is 0.0953. The Kier molecular flexibility index (Phi) is 5.18.